The molecule has 0 aliphatic carbocycles. The normalized spacial score (nSPS) is 10.4. The number of carbonyl (C=O) groups is 2. The van der Waals surface area contributed by atoms with Gasteiger partial charge in [0.05, 0.1) is 10.0 Å². The number of aryl methyl sites for hydroxylation is 1. The predicted octanol–water partition coefficient (Wildman–Crippen LogP) is 4.24. The highest BCUT2D eigenvalue weighted by Gasteiger charge is 2.04. The molecule has 132 valence electrons. The van der Waals surface area contributed by atoms with Crippen LogP contribution in [0.2, 0.25) is 10.0 Å². The van der Waals surface area contributed by atoms with Gasteiger partial charge in [-0.25, -0.2) is 0 Å². The van der Waals surface area contributed by atoms with Crippen molar-refractivity contribution in [1.82, 2.24) is 5.32 Å². The number of rotatable bonds is 7. The molecule has 2 amide bonds. The van der Waals surface area contributed by atoms with Gasteiger partial charge in [0.15, 0.2) is 0 Å². The smallest absolute Gasteiger partial charge is 0.221 e. The average molecular weight is 379 g/mol. The van der Waals surface area contributed by atoms with Gasteiger partial charge < -0.3 is 10.6 Å². The minimum absolute atomic E-state index is 0.000869. The third-order valence-electron chi connectivity index (χ3n) is 3.63. The van der Waals surface area contributed by atoms with Crippen molar-refractivity contribution >= 4 is 40.7 Å². The molecule has 0 atom stereocenters. The van der Waals surface area contributed by atoms with Crippen LogP contribution >= 0.6 is 23.2 Å². The van der Waals surface area contributed by atoms with Crippen LogP contribution in [0, 0.1) is 0 Å². The predicted molar refractivity (Wildman–Crippen MR) is 102 cm³/mol. The third kappa shape index (κ3) is 6.77. The van der Waals surface area contributed by atoms with Crippen molar-refractivity contribution in [3.05, 3.63) is 63.6 Å². The maximum atomic E-state index is 11.9. The highest BCUT2D eigenvalue weighted by molar-refractivity contribution is 6.42. The molecule has 0 spiro atoms. The molecule has 0 aliphatic rings. The van der Waals surface area contributed by atoms with Gasteiger partial charge in [0.25, 0.3) is 0 Å². The first-order chi connectivity index (χ1) is 11.9. The van der Waals surface area contributed by atoms with Gasteiger partial charge in [0.1, 0.15) is 0 Å². The summed E-state index contributed by atoms with van der Waals surface area (Å²) in [5, 5.41) is 6.64. The van der Waals surface area contributed by atoms with Crippen molar-refractivity contribution in [2.75, 3.05) is 11.9 Å². The zero-order valence-electron chi connectivity index (χ0n) is 13.9. The first-order valence-electron chi connectivity index (χ1n) is 8.01. The molecule has 0 heterocycles. The largest absolute Gasteiger partial charge is 0.356 e. The topological polar surface area (TPSA) is 58.2 Å². The second-order valence-electron chi connectivity index (χ2n) is 5.73. The van der Waals surface area contributed by atoms with Crippen LogP contribution in [0.15, 0.2) is 42.5 Å². The van der Waals surface area contributed by atoms with Crippen molar-refractivity contribution < 1.29 is 9.59 Å². The molecule has 0 aliphatic heterocycles. The van der Waals surface area contributed by atoms with Gasteiger partial charge in [0.2, 0.25) is 11.8 Å². The van der Waals surface area contributed by atoms with Gasteiger partial charge in [-0.05, 0) is 48.2 Å². The Kier molecular flexibility index (Phi) is 7.29. The van der Waals surface area contributed by atoms with Crippen molar-refractivity contribution in [2.45, 2.75) is 26.2 Å². The second-order valence-corrected chi connectivity index (χ2v) is 6.54. The summed E-state index contributed by atoms with van der Waals surface area (Å²) < 4.78 is 0. The summed E-state index contributed by atoms with van der Waals surface area (Å²) >= 11 is 11.8. The average Bonchev–Trinajstić information content (AvgIpc) is 2.57. The molecule has 2 aromatic carbocycles. The SMILES string of the molecule is CC(=O)Nc1ccc(CCNC(=O)CCc2ccc(Cl)c(Cl)c2)cc1. The zero-order valence-corrected chi connectivity index (χ0v) is 15.5. The molecule has 2 rings (SSSR count). The van der Waals surface area contributed by atoms with Crippen molar-refractivity contribution in [3.63, 3.8) is 0 Å². The Morgan fingerprint density at radius 1 is 0.920 bits per heavy atom. The lowest BCUT2D eigenvalue weighted by atomic mass is 10.1. The molecule has 2 aromatic rings. The molecular formula is C19H20Cl2N2O2. The van der Waals surface area contributed by atoms with E-state index < -0.39 is 0 Å². The summed E-state index contributed by atoms with van der Waals surface area (Å²) in [7, 11) is 0. The van der Waals surface area contributed by atoms with Crippen LogP contribution in [0.3, 0.4) is 0 Å². The molecule has 0 saturated carbocycles. The van der Waals surface area contributed by atoms with Crippen LogP contribution in [-0.2, 0) is 22.4 Å². The lowest BCUT2D eigenvalue weighted by molar-refractivity contribution is -0.121. The molecule has 0 unspecified atom stereocenters. The van der Waals surface area contributed by atoms with Crippen LogP contribution in [0.5, 0.6) is 0 Å². The molecule has 0 fully saturated rings. The number of carbonyl (C=O) groups excluding carboxylic acids is 2. The van der Waals surface area contributed by atoms with Gasteiger partial charge >= 0.3 is 0 Å². The number of halogens is 2. The Labute approximate surface area is 157 Å². The quantitative estimate of drug-likeness (QED) is 0.756. The van der Waals surface area contributed by atoms with E-state index in [1.807, 2.05) is 30.3 Å². The van der Waals surface area contributed by atoms with Gasteiger partial charge in [-0.15, -0.1) is 0 Å². The van der Waals surface area contributed by atoms with Gasteiger partial charge in [-0.2, -0.15) is 0 Å². The van der Waals surface area contributed by atoms with Crippen LogP contribution < -0.4 is 10.6 Å². The van der Waals surface area contributed by atoms with E-state index in [1.54, 1.807) is 12.1 Å². The summed E-state index contributed by atoms with van der Waals surface area (Å²) in [4.78, 5) is 22.9. The van der Waals surface area contributed by atoms with E-state index in [1.165, 1.54) is 6.92 Å². The Bertz CT molecular complexity index is 746. The third-order valence-corrected chi connectivity index (χ3v) is 4.37. The summed E-state index contributed by atoms with van der Waals surface area (Å²) in [6, 6.07) is 13.0. The monoisotopic (exact) mass is 378 g/mol. The molecule has 0 radical (unpaired) electrons. The van der Waals surface area contributed by atoms with Crippen LogP contribution in [0.1, 0.15) is 24.5 Å². The van der Waals surface area contributed by atoms with E-state index in [9.17, 15) is 9.59 Å². The highest BCUT2D eigenvalue weighted by atomic mass is 35.5. The van der Waals surface area contributed by atoms with E-state index in [2.05, 4.69) is 10.6 Å². The van der Waals surface area contributed by atoms with E-state index >= 15 is 0 Å². The number of nitrogens with one attached hydrogen (secondary N) is 2. The highest BCUT2D eigenvalue weighted by Crippen LogP contribution is 2.23. The molecule has 0 bridgehead atoms. The number of anilines is 1. The van der Waals surface area contributed by atoms with Crippen molar-refractivity contribution in [3.8, 4) is 0 Å². The Morgan fingerprint density at radius 3 is 2.24 bits per heavy atom. The second kappa shape index (κ2) is 9.44. The summed E-state index contributed by atoms with van der Waals surface area (Å²) in [6.45, 7) is 2.04. The summed E-state index contributed by atoms with van der Waals surface area (Å²) in [6.07, 6.45) is 1.76. The summed E-state index contributed by atoms with van der Waals surface area (Å²) in [5.41, 5.74) is 2.85. The number of benzene rings is 2. The molecule has 6 heteroatoms. The molecule has 0 saturated heterocycles. The van der Waals surface area contributed by atoms with Gasteiger partial charge in [0, 0.05) is 25.6 Å². The Balaban J connectivity index is 1.71. The standard InChI is InChI=1S/C19H20Cl2N2O2/c1-13(24)23-16-6-2-14(3-7-16)10-11-22-19(25)9-5-15-4-8-17(20)18(21)12-15/h2-4,6-8,12H,5,9-11H2,1H3,(H,22,25)(H,23,24). The van der Waals surface area contributed by atoms with Crippen LogP contribution in [-0.4, -0.2) is 18.4 Å². The molecule has 4 nitrogen and oxygen atoms in total. The summed E-state index contributed by atoms with van der Waals surface area (Å²) in [5.74, 6) is -0.0945. The Morgan fingerprint density at radius 2 is 1.60 bits per heavy atom. The fourth-order valence-corrected chi connectivity index (χ4v) is 2.67. The van der Waals surface area contributed by atoms with Gasteiger partial charge in [-0.1, -0.05) is 41.4 Å². The molecule has 0 aromatic heterocycles. The zero-order chi connectivity index (χ0) is 18.2. The Hall–Kier alpha value is -2.04. The lowest BCUT2D eigenvalue weighted by Gasteiger charge is -2.07. The lowest BCUT2D eigenvalue weighted by Crippen LogP contribution is -2.25. The van der Waals surface area contributed by atoms with E-state index in [0.717, 1.165) is 23.2 Å². The minimum atomic E-state index is -0.0954. The molecular weight excluding hydrogens is 359 g/mol. The molecule has 2 N–H and O–H groups in total. The molecule has 25 heavy (non-hydrogen) atoms. The van der Waals surface area contributed by atoms with Crippen molar-refractivity contribution in [2.24, 2.45) is 0 Å². The maximum Gasteiger partial charge on any atom is 0.221 e. The first kappa shape index (κ1) is 19.3. The minimum Gasteiger partial charge on any atom is -0.356 e. The maximum absolute atomic E-state index is 11.9. The number of hydrogen-bond acceptors (Lipinski definition) is 2. The fourth-order valence-electron chi connectivity index (χ4n) is 2.35. The van der Waals surface area contributed by atoms with Crippen LogP contribution in [0.25, 0.3) is 0 Å². The van der Waals surface area contributed by atoms with E-state index in [0.29, 0.717) is 29.4 Å². The van der Waals surface area contributed by atoms with Crippen molar-refractivity contribution in [1.29, 1.82) is 0 Å². The fraction of sp³-hybridized carbons (Fsp3) is 0.263. The van der Waals surface area contributed by atoms with Gasteiger partial charge in [-0.3, -0.25) is 9.59 Å². The first-order valence-corrected chi connectivity index (χ1v) is 8.77. The van der Waals surface area contributed by atoms with E-state index in [4.69, 9.17) is 23.2 Å². The number of amides is 2. The number of hydrogen-bond donors (Lipinski definition) is 2. The van der Waals surface area contributed by atoms with Crippen LogP contribution in [0.4, 0.5) is 5.69 Å². The van der Waals surface area contributed by atoms with E-state index in [-0.39, 0.29) is 11.8 Å².